The molecule has 0 N–H and O–H groups in total. The van der Waals surface area contributed by atoms with E-state index in [1.807, 2.05) is 24.3 Å². The molecule has 0 saturated carbocycles. The van der Waals surface area contributed by atoms with Crippen LogP contribution in [0, 0.1) is 0 Å². The molecule has 0 amide bonds. The van der Waals surface area contributed by atoms with Gasteiger partial charge < -0.3 is 0 Å². The molecule has 0 aromatic heterocycles. The van der Waals surface area contributed by atoms with E-state index in [2.05, 4.69) is 102 Å². The zero-order valence-corrected chi connectivity index (χ0v) is 18.9. The summed E-state index contributed by atoms with van der Waals surface area (Å²) in [6.45, 7) is 0. The van der Waals surface area contributed by atoms with Gasteiger partial charge in [0.15, 0.2) is 0 Å². The number of Topliss-reactive ketones (excluding diaryl/α,β-unsaturated/α-hetero) is 1. The molecular weight excluding hydrogens is 441 g/mol. The molecule has 4 aromatic rings. The number of para-hydroxylation sites is 2. The van der Waals surface area contributed by atoms with Crippen molar-refractivity contribution in [3.63, 3.8) is 0 Å². The van der Waals surface area contributed by atoms with Crippen molar-refractivity contribution in [2.24, 2.45) is 0 Å². The SMILES string of the molecule is O=C1CC(N(c2ccccc2)c2ccccc2)=C1[As](c1ccccc1)c1ccccc1. The molecule has 5 rings (SSSR count). The van der Waals surface area contributed by atoms with Crippen molar-refractivity contribution in [1.29, 1.82) is 0 Å². The summed E-state index contributed by atoms with van der Waals surface area (Å²) in [4.78, 5) is 15.4. The number of nitrogens with zero attached hydrogens (tertiary/aromatic N) is 1. The van der Waals surface area contributed by atoms with Gasteiger partial charge in [0.1, 0.15) is 0 Å². The van der Waals surface area contributed by atoms with Crippen molar-refractivity contribution >= 4 is 40.5 Å². The minimum absolute atomic E-state index is 0.277. The third-order valence-electron chi connectivity index (χ3n) is 5.42. The summed E-state index contributed by atoms with van der Waals surface area (Å²) in [6, 6.07) is 41.8. The third-order valence-corrected chi connectivity index (χ3v) is 10.8. The molecule has 0 atom stereocenters. The van der Waals surface area contributed by atoms with Gasteiger partial charge in [-0.05, 0) is 0 Å². The average Bonchev–Trinajstić information content (AvgIpc) is 2.84. The summed E-state index contributed by atoms with van der Waals surface area (Å²) in [5.41, 5.74) is 3.31. The Balaban J connectivity index is 1.71. The van der Waals surface area contributed by atoms with Crippen molar-refractivity contribution in [1.82, 2.24) is 0 Å². The zero-order valence-electron chi connectivity index (χ0n) is 17.1. The molecule has 0 fully saturated rings. The van der Waals surface area contributed by atoms with Crippen LogP contribution in [-0.2, 0) is 4.79 Å². The van der Waals surface area contributed by atoms with Crippen LogP contribution in [0.25, 0.3) is 0 Å². The van der Waals surface area contributed by atoms with E-state index in [-0.39, 0.29) is 5.78 Å². The minimum atomic E-state index is -1.98. The standard InChI is InChI=1S/C28H22AsNO/c31-27-21-26(30(24-17-9-3-10-18-24)25-19-11-4-12-20-25)28(27)29(22-13-5-1-6-14-22)23-15-7-2-8-16-23/h1-20H,21H2. The molecule has 0 aliphatic heterocycles. The molecular formula is C28H22AsNO. The van der Waals surface area contributed by atoms with Crippen LogP contribution in [-0.4, -0.2) is 20.4 Å². The third kappa shape index (κ3) is 3.87. The Morgan fingerprint density at radius 2 is 0.935 bits per heavy atom. The quantitative estimate of drug-likeness (QED) is 0.379. The van der Waals surface area contributed by atoms with E-state index in [4.69, 9.17) is 0 Å². The average molecular weight is 463 g/mol. The first-order valence-electron chi connectivity index (χ1n) is 10.4. The van der Waals surface area contributed by atoms with Crippen LogP contribution in [0.2, 0.25) is 0 Å². The van der Waals surface area contributed by atoms with Gasteiger partial charge in [-0.15, -0.1) is 0 Å². The Bertz CT molecular complexity index is 1130. The van der Waals surface area contributed by atoms with Crippen LogP contribution in [0.5, 0.6) is 0 Å². The maximum atomic E-state index is 13.1. The predicted molar refractivity (Wildman–Crippen MR) is 130 cm³/mol. The molecule has 3 heteroatoms. The second-order valence-electron chi connectivity index (χ2n) is 7.41. The van der Waals surface area contributed by atoms with Crippen molar-refractivity contribution in [3.05, 3.63) is 131 Å². The molecule has 0 saturated heterocycles. The number of carbonyl (C=O) groups is 1. The normalized spacial score (nSPS) is 13.3. The van der Waals surface area contributed by atoms with Crippen LogP contribution in [0.15, 0.2) is 131 Å². The fraction of sp³-hybridized carbons (Fsp3) is 0.0357. The van der Waals surface area contributed by atoms with Crippen LogP contribution in [0.3, 0.4) is 0 Å². The fourth-order valence-electron chi connectivity index (χ4n) is 3.99. The number of benzene rings is 4. The van der Waals surface area contributed by atoms with Crippen LogP contribution in [0.4, 0.5) is 11.4 Å². The first-order chi connectivity index (χ1) is 15.3. The van der Waals surface area contributed by atoms with Crippen molar-refractivity contribution in [3.8, 4) is 0 Å². The number of hydrogen-bond acceptors (Lipinski definition) is 2. The molecule has 2 nitrogen and oxygen atoms in total. The molecule has 0 unspecified atom stereocenters. The number of hydrogen-bond donors (Lipinski definition) is 0. The second-order valence-corrected chi connectivity index (χ2v) is 11.9. The summed E-state index contributed by atoms with van der Waals surface area (Å²) in [7, 11) is 0. The van der Waals surface area contributed by atoms with Gasteiger partial charge in [0.05, 0.1) is 0 Å². The molecule has 0 radical (unpaired) electrons. The van der Waals surface area contributed by atoms with Gasteiger partial charge in [0.25, 0.3) is 0 Å². The molecule has 1 aliphatic rings. The van der Waals surface area contributed by atoms with E-state index in [1.54, 1.807) is 0 Å². The molecule has 31 heavy (non-hydrogen) atoms. The second kappa shape index (κ2) is 8.79. The van der Waals surface area contributed by atoms with E-state index in [0.29, 0.717) is 6.42 Å². The predicted octanol–water partition coefficient (Wildman–Crippen LogP) is 4.90. The molecule has 0 bridgehead atoms. The molecule has 0 spiro atoms. The summed E-state index contributed by atoms with van der Waals surface area (Å²) >= 11 is -1.98. The Labute approximate surface area is 187 Å². The van der Waals surface area contributed by atoms with E-state index in [1.165, 1.54) is 8.70 Å². The summed E-state index contributed by atoms with van der Waals surface area (Å²) in [5, 5.41) is 0. The van der Waals surface area contributed by atoms with Crippen LogP contribution in [0.1, 0.15) is 6.42 Å². The van der Waals surface area contributed by atoms with E-state index < -0.39 is 14.7 Å². The Kier molecular flexibility index (Phi) is 5.56. The number of allylic oxidation sites excluding steroid dienone is 2. The van der Waals surface area contributed by atoms with Gasteiger partial charge in [0.2, 0.25) is 0 Å². The summed E-state index contributed by atoms with van der Waals surface area (Å²) < 4.78 is 3.59. The Morgan fingerprint density at radius 3 is 1.32 bits per heavy atom. The maximum absolute atomic E-state index is 13.1. The molecule has 4 aromatic carbocycles. The zero-order chi connectivity index (χ0) is 21.0. The van der Waals surface area contributed by atoms with Gasteiger partial charge >= 0.3 is 188 Å². The van der Waals surface area contributed by atoms with Crippen LogP contribution >= 0.6 is 0 Å². The first-order valence-corrected chi connectivity index (χ1v) is 13.2. The number of carbonyl (C=O) groups excluding carboxylic acids is 1. The van der Waals surface area contributed by atoms with E-state index >= 15 is 0 Å². The van der Waals surface area contributed by atoms with Crippen molar-refractivity contribution in [2.45, 2.75) is 6.42 Å². The van der Waals surface area contributed by atoms with Gasteiger partial charge in [-0.1, -0.05) is 0 Å². The molecule has 1 aliphatic carbocycles. The van der Waals surface area contributed by atoms with Crippen LogP contribution < -0.4 is 13.6 Å². The van der Waals surface area contributed by atoms with Gasteiger partial charge in [-0.3, -0.25) is 0 Å². The van der Waals surface area contributed by atoms with Gasteiger partial charge in [0, 0.05) is 0 Å². The van der Waals surface area contributed by atoms with E-state index in [9.17, 15) is 4.79 Å². The topological polar surface area (TPSA) is 20.3 Å². The number of ketones is 1. The Morgan fingerprint density at radius 1 is 0.548 bits per heavy atom. The first kappa shape index (κ1) is 19.6. The number of rotatable bonds is 6. The summed E-state index contributed by atoms with van der Waals surface area (Å²) in [5.74, 6) is 0.277. The monoisotopic (exact) mass is 463 g/mol. The Hall–Kier alpha value is -3.35. The van der Waals surface area contributed by atoms with E-state index in [0.717, 1.165) is 21.4 Å². The summed E-state index contributed by atoms with van der Waals surface area (Å²) in [6.07, 6.45) is 0.476. The van der Waals surface area contributed by atoms with Crippen molar-refractivity contribution in [2.75, 3.05) is 4.90 Å². The fourth-order valence-corrected chi connectivity index (χ4v) is 9.28. The number of anilines is 2. The molecule has 0 heterocycles. The van der Waals surface area contributed by atoms with Crippen molar-refractivity contribution < 1.29 is 4.79 Å². The van der Waals surface area contributed by atoms with Gasteiger partial charge in [-0.2, -0.15) is 0 Å². The molecule has 150 valence electrons. The van der Waals surface area contributed by atoms with Gasteiger partial charge in [-0.25, -0.2) is 0 Å².